The lowest BCUT2D eigenvalue weighted by atomic mass is 9.71. The van der Waals surface area contributed by atoms with Crippen LogP contribution >= 0.6 is 0 Å². The average molecular weight is 297 g/mol. The van der Waals surface area contributed by atoms with Crippen molar-refractivity contribution >= 4 is 10.8 Å². The molecule has 1 fully saturated rings. The third-order valence-corrected chi connectivity index (χ3v) is 6.25. The van der Waals surface area contributed by atoms with Gasteiger partial charge in [0.05, 0.1) is 20.9 Å². The fourth-order valence-electron chi connectivity index (χ4n) is 2.96. The van der Waals surface area contributed by atoms with E-state index in [1.165, 1.54) is 6.07 Å². The van der Waals surface area contributed by atoms with E-state index >= 15 is 0 Å². The fourth-order valence-corrected chi connectivity index (χ4v) is 4.62. The number of hydrogen-bond acceptors (Lipinski definition) is 2. The summed E-state index contributed by atoms with van der Waals surface area (Å²) in [6.07, 6.45) is 2.74. The first-order valence-corrected chi connectivity index (χ1v) is 8.42. The molecule has 0 aromatic heterocycles. The predicted octanol–water partition coefficient (Wildman–Crippen LogP) is 3.48. The summed E-state index contributed by atoms with van der Waals surface area (Å²) in [7, 11) is -1.37. The zero-order chi connectivity index (χ0) is 14.9. The Balaban J connectivity index is 2.22. The third-order valence-electron chi connectivity index (χ3n) is 4.40. The number of rotatable bonds is 2. The Bertz CT molecular complexity index is 497. The van der Waals surface area contributed by atoms with E-state index in [1.807, 2.05) is 0 Å². The van der Waals surface area contributed by atoms with Gasteiger partial charge in [0.1, 0.15) is 5.82 Å². The molecule has 1 aromatic carbocycles. The van der Waals surface area contributed by atoms with Gasteiger partial charge in [-0.2, -0.15) is 0 Å². The van der Waals surface area contributed by atoms with E-state index < -0.39 is 16.6 Å². The summed E-state index contributed by atoms with van der Waals surface area (Å²) in [6.45, 7) is 6.62. The summed E-state index contributed by atoms with van der Waals surface area (Å²) in [5, 5.41) is -0.148. The van der Waals surface area contributed by atoms with Crippen molar-refractivity contribution in [2.75, 3.05) is 0 Å². The van der Waals surface area contributed by atoms with Crippen molar-refractivity contribution in [1.82, 2.24) is 0 Å². The van der Waals surface area contributed by atoms with Crippen molar-refractivity contribution in [3.8, 4) is 0 Å². The molecule has 1 saturated carbocycles. The largest absolute Gasteiger partial charge is 0.327 e. The van der Waals surface area contributed by atoms with Gasteiger partial charge in [-0.3, -0.25) is 4.21 Å². The molecule has 4 unspecified atom stereocenters. The van der Waals surface area contributed by atoms with Crippen LogP contribution in [0.5, 0.6) is 0 Å². The lowest BCUT2D eigenvalue weighted by Crippen LogP contribution is -2.45. The van der Waals surface area contributed by atoms with Crippen molar-refractivity contribution in [2.45, 2.75) is 56.2 Å². The normalized spacial score (nSPS) is 29.1. The topological polar surface area (TPSA) is 43.1 Å². The second kappa shape index (κ2) is 5.94. The molecule has 1 aromatic rings. The van der Waals surface area contributed by atoms with Crippen molar-refractivity contribution in [3.05, 3.63) is 30.1 Å². The van der Waals surface area contributed by atoms with Gasteiger partial charge < -0.3 is 5.73 Å². The van der Waals surface area contributed by atoms with Crippen LogP contribution in [0.25, 0.3) is 0 Å². The van der Waals surface area contributed by atoms with Crippen LogP contribution in [0.2, 0.25) is 0 Å². The van der Waals surface area contributed by atoms with E-state index in [2.05, 4.69) is 20.8 Å². The Hall–Kier alpha value is -0.740. The van der Waals surface area contributed by atoms with Gasteiger partial charge in [-0.15, -0.1) is 0 Å². The molecule has 4 heteroatoms. The first-order valence-electron chi connectivity index (χ1n) is 7.21. The van der Waals surface area contributed by atoms with Crippen LogP contribution in [-0.2, 0) is 10.8 Å². The number of halogens is 1. The molecule has 0 radical (unpaired) electrons. The molecule has 2 nitrogen and oxygen atoms in total. The van der Waals surface area contributed by atoms with Crippen LogP contribution < -0.4 is 5.73 Å². The van der Waals surface area contributed by atoms with Gasteiger partial charge in [-0.05, 0) is 42.7 Å². The number of nitrogens with two attached hydrogens (primary N) is 1. The molecule has 1 aliphatic rings. The van der Waals surface area contributed by atoms with Crippen molar-refractivity contribution in [1.29, 1.82) is 0 Å². The van der Waals surface area contributed by atoms with Gasteiger partial charge in [0.25, 0.3) is 0 Å². The monoisotopic (exact) mass is 297 g/mol. The van der Waals surface area contributed by atoms with Gasteiger partial charge >= 0.3 is 0 Å². The van der Waals surface area contributed by atoms with E-state index in [9.17, 15) is 8.60 Å². The van der Waals surface area contributed by atoms with Crippen LogP contribution in [0.3, 0.4) is 0 Å². The minimum absolute atomic E-state index is 0.103. The molecule has 112 valence electrons. The highest BCUT2D eigenvalue weighted by Gasteiger charge is 2.38. The average Bonchev–Trinajstić information content (AvgIpc) is 2.37. The molecule has 2 N–H and O–H groups in total. The maximum absolute atomic E-state index is 13.8. The predicted molar refractivity (Wildman–Crippen MR) is 81.4 cm³/mol. The molecule has 0 amide bonds. The van der Waals surface area contributed by atoms with E-state index in [-0.39, 0.29) is 16.7 Å². The standard InChI is InChI=1S/C16H24FNOS/c1-16(2,3)11-8-9-13(18)15(10-11)20(19)14-7-5-4-6-12(14)17/h4-7,11,13,15H,8-10,18H2,1-3H3. The Labute approximate surface area is 123 Å². The highest BCUT2D eigenvalue weighted by molar-refractivity contribution is 7.85. The smallest absolute Gasteiger partial charge is 0.139 e. The first-order chi connectivity index (χ1) is 9.30. The van der Waals surface area contributed by atoms with Gasteiger partial charge in [0, 0.05) is 6.04 Å². The molecule has 0 aliphatic heterocycles. The molecule has 20 heavy (non-hydrogen) atoms. The lowest BCUT2D eigenvalue weighted by molar-refractivity contribution is 0.173. The van der Waals surface area contributed by atoms with Gasteiger partial charge in [0.2, 0.25) is 0 Å². The van der Waals surface area contributed by atoms with Crippen LogP contribution in [0.4, 0.5) is 4.39 Å². The molecule has 1 aliphatic carbocycles. The summed E-state index contributed by atoms with van der Waals surface area (Å²) >= 11 is 0. The van der Waals surface area contributed by atoms with Crippen molar-refractivity contribution in [3.63, 3.8) is 0 Å². The zero-order valence-electron chi connectivity index (χ0n) is 12.4. The van der Waals surface area contributed by atoms with E-state index in [0.717, 1.165) is 19.3 Å². The Morgan fingerprint density at radius 2 is 1.90 bits per heavy atom. The van der Waals surface area contributed by atoms with Crippen LogP contribution in [-0.4, -0.2) is 15.5 Å². The van der Waals surface area contributed by atoms with Gasteiger partial charge in [-0.1, -0.05) is 32.9 Å². The van der Waals surface area contributed by atoms with Crippen LogP contribution in [0, 0.1) is 17.2 Å². The molecule has 2 rings (SSSR count). The molecular weight excluding hydrogens is 273 g/mol. The Kier molecular flexibility index (Phi) is 4.65. The minimum atomic E-state index is -1.37. The molecule has 0 spiro atoms. The van der Waals surface area contributed by atoms with Crippen LogP contribution in [0.1, 0.15) is 40.0 Å². The molecule has 0 saturated heterocycles. The number of hydrogen-bond donors (Lipinski definition) is 1. The molecule has 0 heterocycles. The first kappa shape index (κ1) is 15.6. The van der Waals surface area contributed by atoms with E-state index in [4.69, 9.17) is 5.73 Å². The summed E-state index contributed by atoms with van der Waals surface area (Å²) in [6, 6.07) is 6.22. The maximum Gasteiger partial charge on any atom is 0.139 e. The van der Waals surface area contributed by atoms with Crippen molar-refractivity contribution in [2.24, 2.45) is 17.1 Å². The summed E-state index contributed by atoms with van der Waals surface area (Å²) < 4.78 is 26.5. The zero-order valence-corrected chi connectivity index (χ0v) is 13.3. The highest BCUT2D eigenvalue weighted by atomic mass is 32.2. The van der Waals surface area contributed by atoms with Crippen LogP contribution in [0.15, 0.2) is 29.2 Å². The minimum Gasteiger partial charge on any atom is -0.327 e. The molecular formula is C16H24FNOS. The Morgan fingerprint density at radius 3 is 2.50 bits per heavy atom. The summed E-state index contributed by atoms with van der Waals surface area (Å²) in [4.78, 5) is 0.294. The molecule has 0 bridgehead atoms. The third kappa shape index (κ3) is 3.29. The van der Waals surface area contributed by atoms with E-state index in [1.54, 1.807) is 18.2 Å². The van der Waals surface area contributed by atoms with E-state index in [0.29, 0.717) is 10.8 Å². The fraction of sp³-hybridized carbons (Fsp3) is 0.625. The lowest BCUT2D eigenvalue weighted by Gasteiger charge is -2.40. The SMILES string of the molecule is CC(C)(C)C1CCC(N)C(S(=O)c2ccccc2F)C1. The maximum atomic E-state index is 13.8. The molecule has 4 atom stereocenters. The van der Waals surface area contributed by atoms with Gasteiger partial charge in [0.15, 0.2) is 0 Å². The quantitative estimate of drug-likeness (QED) is 0.908. The van der Waals surface area contributed by atoms with Gasteiger partial charge in [-0.25, -0.2) is 4.39 Å². The summed E-state index contributed by atoms with van der Waals surface area (Å²) in [5.74, 6) is 0.0962. The summed E-state index contributed by atoms with van der Waals surface area (Å²) in [5.41, 5.74) is 6.34. The highest BCUT2D eigenvalue weighted by Crippen LogP contribution is 2.39. The second-order valence-electron chi connectivity index (χ2n) is 6.81. The number of benzene rings is 1. The second-order valence-corrected chi connectivity index (χ2v) is 8.45. The van der Waals surface area contributed by atoms with Crippen molar-refractivity contribution < 1.29 is 8.60 Å². The Morgan fingerprint density at radius 1 is 1.25 bits per heavy atom.